The molecule has 0 unspecified atom stereocenters. The van der Waals surface area contributed by atoms with E-state index in [-0.39, 0.29) is 6.79 Å². The quantitative estimate of drug-likeness (QED) is 0.746. The van der Waals surface area contributed by atoms with Crippen LogP contribution in [0.5, 0.6) is 5.75 Å². The predicted octanol–water partition coefficient (Wildman–Crippen LogP) is 3.57. The Morgan fingerprint density at radius 2 is 1.39 bits per heavy atom. The average Bonchev–Trinajstić information content (AvgIpc) is 2.41. The summed E-state index contributed by atoms with van der Waals surface area (Å²) in [6, 6.07) is 16.8. The van der Waals surface area contributed by atoms with Crippen LogP contribution in [0.3, 0.4) is 0 Å². The molecule has 0 aliphatic carbocycles. The largest absolute Gasteiger partial charge is 0.468 e. The molecule has 2 nitrogen and oxygen atoms in total. The number of methoxy groups -OCH3 is 1. The van der Waals surface area contributed by atoms with Crippen LogP contribution in [-0.4, -0.2) is 13.9 Å². The van der Waals surface area contributed by atoms with Gasteiger partial charge >= 0.3 is 0 Å². The smallest absolute Gasteiger partial charge is 0.188 e. The molecule has 0 fully saturated rings. The summed E-state index contributed by atoms with van der Waals surface area (Å²) in [5.41, 5.74) is 3.90. The van der Waals surface area contributed by atoms with Crippen molar-refractivity contribution in [1.82, 2.24) is 0 Å². The summed E-state index contributed by atoms with van der Waals surface area (Å²) < 4.78 is 10.2. The van der Waals surface area contributed by atoms with E-state index in [4.69, 9.17) is 9.47 Å². The first-order valence-corrected chi connectivity index (χ1v) is 6.04. The molecule has 0 spiro atoms. The Kier molecular flexibility index (Phi) is 4.37. The monoisotopic (exact) mass is 242 g/mol. The lowest BCUT2D eigenvalue weighted by Gasteiger charge is -2.06. The van der Waals surface area contributed by atoms with Crippen molar-refractivity contribution in [2.45, 2.75) is 13.3 Å². The third-order valence-corrected chi connectivity index (χ3v) is 2.80. The zero-order valence-corrected chi connectivity index (χ0v) is 10.8. The van der Waals surface area contributed by atoms with Gasteiger partial charge in [0.1, 0.15) is 5.75 Å². The van der Waals surface area contributed by atoms with Gasteiger partial charge in [0, 0.05) is 7.11 Å². The van der Waals surface area contributed by atoms with Crippen LogP contribution in [0.15, 0.2) is 48.5 Å². The molecule has 0 bridgehead atoms. The molecule has 2 rings (SSSR count). The predicted molar refractivity (Wildman–Crippen MR) is 72.9 cm³/mol. The summed E-state index contributed by atoms with van der Waals surface area (Å²) in [5, 5.41) is 0. The van der Waals surface area contributed by atoms with Crippen LogP contribution in [0, 0.1) is 6.92 Å². The first-order valence-electron chi connectivity index (χ1n) is 6.04. The van der Waals surface area contributed by atoms with Gasteiger partial charge in [-0.15, -0.1) is 0 Å². The van der Waals surface area contributed by atoms with E-state index in [1.165, 1.54) is 16.7 Å². The molecule has 0 heterocycles. The Labute approximate surface area is 108 Å². The van der Waals surface area contributed by atoms with Crippen molar-refractivity contribution in [2.24, 2.45) is 0 Å². The Balaban J connectivity index is 1.99. The van der Waals surface area contributed by atoms with E-state index in [9.17, 15) is 0 Å². The van der Waals surface area contributed by atoms with Gasteiger partial charge in [-0.2, -0.15) is 0 Å². The zero-order valence-electron chi connectivity index (χ0n) is 10.8. The maximum absolute atomic E-state index is 5.35. The lowest BCUT2D eigenvalue weighted by Crippen LogP contribution is -1.98. The summed E-state index contributed by atoms with van der Waals surface area (Å²) >= 11 is 0. The summed E-state index contributed by atoms with van der Waals surface area (Å²) in [5.74, 6) is 0.838. The van der Waals surface area contributed by atoms with Gasteiger partial charge in [0.05, 0.1) is 0 Å². The summed E-state index contributed by atoms with van der Waals surface area (Å²) in [6.07, 6.45) is 0.949. The highest BCUT2D eigenvalue weighted by molar-refractivity contribution is 5.32. The molecule has 0 N–H and O–H groups in total. The number of benzene rings is 2. The van der Waals surface area contributed by atoms with Crippen LogP contribution in [0.2, 0.25) is 0 Å². The topological polar surface area (TPSA) is 18.5 Å². The third-order valence-electron chi connectivity index (χ3n) is 2.80. The van der Waals surface area contributed by atoms with Crippen molar-refractivity contribution in [3.8, 4) is 5.75 Å². The number of aryl methyl sites for hydroxylation is 1. The maximum Gasteiger partial charge on any atom is 0.188 e. The van der Waals surface area contributed by atoms with E-state index in [2.05, 4.69) is 43.3 Å². The van der Waals surface area contributed by atoms with Gasteiger partial charge in [-0.1, -0.05) is 42.0 Å². The van der Waals surface area contributed by atoms with Gasteiger partial charge in [-0.25, -0.2) is 0 Å². The number of hydrogen-bond donors (Lipinski definition) is 0. The minimum atomic E-state index is 0.289. The van der Waals surface area contributed by atoms with Crippen molar-refractivity contribution in [3.63, 3.8) is 0 Å². The molecule has 0 radical (unpaired) electrons. The zero-order chi connectivity index (χ0) is 12.8. The number of rotatable bonds is 5. The normalized spacial score (nSPS) is 10.3. The molecule has 94 valence electrons. The Hall–Kier alpha value is -1.80. The second-order valence-corrected chi connectivity index (χ2v) is 4.36. The molecule has 0 saturated heterocycles. The maximum atomic E-state index is 5.35. The molecule has 0 aliphatic rings. The molecule has 2 aromatic carbocycles. The van der Waals surface area contributed by atoms with E-state index >= 15 is 0 Å². The van der Waals surface area contributed by atoms with Crippen molar-refractivity contribution in [2.75, 3.05) is 13.9 Å². The van der Waals surface area contributed by atoms with Crippen LogP contribution < -0.4 is 4.74 Å². The van der Waals surface area contributed by atoms with E-state index in [1.807, 2.05) is 12.1 Å². The SMILES string of the molecule is COCOc1ccc(Cc2ccc(C)cc2)cc1. The standard InChI is InChI=1S/C16H18O2/c1-13-3-5-14(6-4-13)11-15-7-9-16(10-8-15)18-12-17-2/h3-10H,11-12H2,1-2H3. The van der Waals surface area contributed by atoms with Gasteiger partial charge in [-0.05, 0) is 36.6 Å². The minimum absolute atomic E-state index is 0.289. The Bertz CT molecular complexity index is 471. The van der Waals surface area contributed by atoms with Gasteiger partial charge in [0.25, 0.3) is 0 Å². The second-order valence-electron chi connectivity index (χ2n) is 4.36. The van der Waals surface area contributed by atoms with Gasteiger partial charge in [-0.3, -0.25) is 0 Å². The van der Waals surface area contributed by atoms with Crippen LogP contribution in [-0.2, 0) is 11.2 Å². The third kappa shape index (κ3) is 3.60. The van der Waals surface area contributed by atoms with Gasteiger partial charge < -0.3 is 9.47 Å². The molecule has 0 atom stereocenters. The van der Waals surface area contributed by atoms with E-state index < -0.39 is 0 Å². The molecule has 0 aromatic heterocycles. The first-order chi connectivity index (χ1) is 8.78. The number of ether oxygens (including phenoxy) is 2. The highest BCUT2D eigenvalue weighted by Crippen LogP contribution is 2.15. The van der Waals surface area contributed by atoms with Crippen molar-refractivity contribution >= 4 is 0 Å². The summed E-state index contributed by atoms with van der Waals surface area (Å²) in [4.78, 5) is 0. The van der Waals surface area contributed by atoms with Crippen molar-refractivity contribution < 1.29 is 9.47 Å². The highest BCUT2D eigenvalue weighted by Gasteiger charge is 1.98. The first kappa shape index (κ1) is 12.7. The lowest BCUT2D eigenvalue weighted by molar-refractivity contribution is 0.0511. The molecule has 0 saturated carbocycles. The Morgan fingerprint density at radius 3 is 1.94 bits per heavy atom. The van der Waals surface area contributed by atoms with Crippen molar-refractivity contribution in [1.29, 1.82) is 0 Å². The fourth-order valence-corrected chi connectivity index (χ4v) is 1.77. The Morgan fingerprint density at radius 1 is 0.833 bits per heavy atom. The average molecular weight is 242 g/mol. The van der Waals surface area contributed by atoms with Crippen LogP contribution >= 0.6 is 0 Å². The molecule has 18 heavy (non-hydrogen) atoms. The van der Waals surface area contributed by atoms with Crippen LogP contribution in [0.1, 0.15) is 16.7 Å². The van der Waals surface area contributed by atoms with Crippen molar-refractivity contribution in [3.05, 3.63) is 65.2 Å². The molecular formula is C16H18O2. The minimum Gasteiger partial charge on any atom is -0.468 e. The molecule has 0 amide bonds. The van der Waals surface area contributed by atoms with Crippen LogP contribution in [0.4, 0.5) is 0 Å². The fraction of sp³-hybridized carbons (Fsp3) is 0.250. The highest BCUT2D eigenvalue weighted by atomic mass is 16.7. The summed E-state index contributed by atoms with van der Waals surface area (Å²) in [7, 11) is 1.62. The van der Waals surface area contributed by atoms with Crippen LogP contribution in [0.25, 0.3) is 0 Å². The molecule has 0 aliphatic heterocycles. The second kappa shape index (κ2) is 6.22. The lowest BCUT2D eigenvalue weighted by atomic mass is 10.0. The fourth-order valence-electron chi connectivity index (χ4n) is 1.77. The van der Waals surface area contributed by atoms with Gasteiger partial charge in [0.2, 0.25) is 0 Å². The van der Waals surface area contributed by atoms with Gasteiger partial charge in [0.15, 0.2) is 6.79 Å². The van der Waals surface area contributed by atoms with E-state index in [0.29, 0.717) is 0 Å². The molecule has 2 heteroatoms. The summed E-state index contributed by atoms with van der Waals surface area (Å²) in [6.45, 7) is 2.39. The molecule has 2 aromatic rings. The molecular weight excluding hydrogens is 224 g/mol. The van der Waals surface area contributed by atoms with E-state index in [0.717, 1.165) is 12.2 Å². The van der Waals surface area contributed by atoms with E-state index in [1.54, 1.807) is 7.11 Å². The number of hydrogen-bond acceptors (Lipinski definition) is 2.